The standard InChI is InChI=1S/C28H33N3O3/c32-27(29-23-6-2-1-3-7-23)18-21-10-12-22(13-11-21)19-31-20-25(24-8-4-5-9-26(24)31)28(33)30-14-16-34-17-15-30/h1-9,20-22H,10-19H2,(H,29,32). The summed E-state index contributed by atoms with van der Waals surface area (Å²) in [7, 11) is 0. The lowest BCUT2D eigenvalue weighted by molar-refractivity contribution is -0.117. The van der Waals surface area contributed by atoms with Gasteiger partial charge < -0.3 is 19.5 Å². The molecule has 2 amide bonds. The third kappa shape index (κ3) is 5.17. The normalized spacial score (nSPS) is 20.9. The number of anilines is 1. The van der Waals surface area contributed by atoms with Crippen LogP contribution in [-0.4, -0.2) is 47.6 Å². The number of aromatic nitrogens is 1. The van der Waals surface area contributed by atoms with Crippen LogP contribution in [0.25, 0.3) is 10.9 Å². The van der Waals surface area contributed by atoms with E-state index in [2.05, 4.69) is 28.2 Å². The summed E-state index contributed by atoms with van der Waals surface area (Å²) in [6, 6.07) is 17.9. The Kier molecular flexibility index (Phi) is 6.95. The molecule has 6 heteroatoms. The Morgan fingerprint density at radius 1 is 0.882 bits per heavy atom. The number of carbonyl (C=O) groups is 2. The molecule has 6 nitrogen and oxygen atoms in total. The van der Waals surface area contributed by atoms with Crippen molar-refractivity contribution < 1.29 is 14.3 Å². The van der Waals surface area contributed by atoms with Gasteiger partial charge in [0.1, 0.15) is 0 Å². The Hall–Kier alpha value is -3.12. The number of hydrogen-bond acceptors (Lipinski definition) is 3. The molecule has 3 aromatic rings. The topological polar surface area (TPSA) is 63.6 Å². The minimum atomic E-state index is 0.103. The van der Waals surface area contributed by atoms with Gasteiger partial charge in [0, 0.05) is 48.8 Å². The van der Waals surface area contributed by atoms with E-state index in [1.54, 1.807) is 0 Å². The first-order valence-electron chi connectivity index (χ1n) is 12.5. The molecule has 2 fully saturated rings. The first-order chi connectivity index (χ1) is 16.7. The summed E-state index contributed by atoms with van der Waals surface area (Å²) in [4.78, 5) is 27.6. The first-order valence-corrected chi connectivity index (χ1v) is 12.5. The summed E-state index contributed by atoms with van der Waals surface area (Å²) in [5.41, 5.74) is 2.79. The molecule has 1 aliphatic heterocycles. The lowest BCUT2D eigenvalue weighted by atomic mass is 9.80. The number of hydrogen-bond donors (Lipinski definition) is 1. The van der Waals surface area contributed by atoms with Crippen LogP contribution < -0.4 is 5.32 Å². The van der Waals surface area contributed by atoms with Crippen LogP contribution >= 0.6 is 0 Å². The summed E-state index contributed by atoms with van der Waals surface area (Å²) in [6.07, 6.45) is 7.02. The molecular formula is C28H33N3O3. The van der Waals surface area contributed by atoms with E-state index in [0.29, 0.717) is 44.6 Å². The zero-order valence-corrected chi connectivity index (χ0v) is 19.6. The zero-order valence-electron chi connectivity index (χ0n) is 19.6. The molecule has 2 aliphatic rings. The maximum atomic E-state index is 13.2. The van der Waals surface area contributed by atoms with Crippen LogP contribution in [-0.2, 0) is 16.1 Å². The number of benzene rings is 2. The molecule has 2 aromatic carbocycles. The fraction of sp³-hybridized carbons (Fsp3) is 0.429. The van der Waals surface area contributed by atoms with E-state index in [1.165, 1.54) is 0 Å². The highest BCUT2D eigenvalue weighted by atomic mass is 16.5. The first kappa shape index (κ1) is 22.7. The summed E-state index contributed by atoms with van der Waals surface area (Å²) >= 11 is 0. The third-order valence-corrected chi connectivity index (χ3v) is 7.27. The molecule has 0 atom stereocenters. The van der Waals surface area contributed by atoms with Crippen LogP contribution in [0.2, 0.25) is 0 Å². The van der Waals surface area contributed by atoms with Crippen LogP contribution in [0, 0.1) is 11.8 Å². The van der Waals surface area contributed by atoms with Gasteiger partial charge in [-0.3, -0.25) is 9.59 Å². The van der Waals surface area contributed by atoms with E-state index in [0.717, 1.165) is 54.4 Å². The van der Waals surface area contributed by atoms with Gasteiger partial charge in [-0.15, -0.1) is 0 Å². The average Bonchev–Trinajstić information content (AvgIpc) is 3.24. The van der Waals surface area contributed by atoms with Crippen molar-refractivity contribution in [1.82, 2.24) is 9.47 Å². The highest BCUT2D eigenvalue weighted by Crippen LogP contribution is 2.33. The Labute approximate surface area is 200 Å². The number of para-hydroxylation sites is 2. The van der Waals surface area contributed by atoms with Crippen LogP contribution in [0.15, 0.2) is 60.8 Å². The van der Waals surface area contributed by atoms with E-state index < -0.39 is 0 Å². The molecule has 178 valence electrons. The summed E-state index contributed by atoms with van der Waals surface area (Å²) in [6.45, 7) is 3.44. The van der Waals surface area contributed by atoms with Gasteiger partial charge in [-0.25, -0.2) is 0 Å². The van der Waals surface area contributed by atoms with Gasteiger partial charge in [0.05, 0.1) is 18.8 Å². The molecule has 1 saturated carbocycles. The van der Waals surface area contributed by atoms with Crippen molar-refractivity contribution in [1.29, 1.82) is 0 Å². The lowest BCUT2D eigenvalue weighted by Crippen LogP contribution is -2.40. The molecule has 1 aliphatic carbocycles. The summed E-state index contributed by atoms with van der Waals surface area (Å²) < 4.78 is 7.69. The SMILES string of the molecule is O=C(CC1CCC(Cn2cc(C(=O)N3CCOCC3)c3ccccc32)CC1)Nc1ccccc1. The van der Waals surface area contributed by atoms with Crippen molar-refractivity contribution in [2.45, 2.75) is 38.6 Å². The van der Waals surface area contributed by atoms with Gasteiger partial charge in [-0.2, -0.15) is 0 Å². The molecule has 1 saturated heterocycles. The highest BCUT2D eigenvalue weighted by molar-refractivity contribution is 6.07. The fourth-order valence-corrected chi connectivity index (χ4v) is 5.40. The van der Waals surface area contributed by atoms with Gasteiger partial charge in [0.15, 0.2) is 0 Å². The van der Waals surface area contributed by atoms with E-state index >= 15 is 0 Å². The summed E-state index contributed by atoms with van der Waals surface area (Å²) in [5.74, 6) is 1.22. The number of amides is 2. The summed E-state index contributed by atoms with van der Waals surface area (Å²) in [5, 5.41) is 4.05. The second-order valence-corrected chi connectivity index (χ2v) is 9.62. The molecule has 0 unspecified atom stereocenters. The van der Waals surface area contributed by atoms with Crippen molar-refractivity contribution in [3.05, 3.63) is 66.4 Å². The predicted molar refractivity (Wildman–Crippen MR) is 134 cm³/mol. The number of fused-ring (bicyclic) bond motifs is 1. The number of nitrogens with zero attached hydrogens (tertiary/aromatic N) is 2. The molecule has 5 rings (SSSR count). The molecule has 0 radical (unpaired) electrons. The largest absolute Gasteiger partial charge is 0.378 e. The number of nitrogens with one attached hydrogen (secondary N) is 1. The minimum absolute atomic E-state index is 0.103. The highest BCUT2D eigenvalue weighted by Gasteiger charge is 2.26. The molecule has 0 spiro atoms. The Morgan fingerprint density at radius 3 is 2.32 bits per heavy atom. The second kappa shape index (κ2) is 10.4. The van der Waals surface area contributed by atoms with Crippen molar-refractivity contribution in [2.24, 2.45) is 11.8 Å². The minimum Gasteiger partial charge on any atom is -0.378 e. The smallest absolute Gasteiger partial charge is 0.256 e. The van der Waals surface area contributed by atoms with Crippen molar-refractivity contribution in [2.75, 3.05) is 31.6 Å². The number of rotatable bonds is 6. The quantitative estimate of drug-likeness (QED) is 0.567. The van der Waals surface area contributed by atoms with E-state index in [-0.39, 0.29) is 11.8 Å². The van der Waals surface area contributed by atoms with Crippen LogP contribution in [0.1, 0.15) is 42.5 Å². The van der Waals surface area contributed by atoms with Gasteiger partial charge >= 0.3 is 0 Å². The molecular weight excluding hydrogens is 426 g/mol. The van der Waals surface area contributed by atoms with Crippen molar-refractivity contribution >= 4 is 28.4 Å². The average molecular weight is 460 g/mol. The Balaban J connectivity index is 1.20. The number of morpholine rings is 1. The molecule has 34 heavy (non-hydrogen) atoms. The molecule has 1 aromatic heterocycles. The maximum Gasteiger partial charge on any atom is 0.256 e. The van der Waals surface area contributed by atoms with E-state index in [9.17, 15) is 9.59 Å². The van der Waals surface area contributed by atoms with E-state index in [4.69, 9.17) is 4.74 Å². The second-order valence-electron chi connectivity index (χ2n) is 9.62. The number of ether oxygens (including phenoxy) is 1. The van der Waals surface area contributed by atoms with Crippen LogP contribution in [0.4, 0.5) is 5.69 Å². The van der Waals surface area contributed by atoms with Crippen molar-refractivity contribution in [3.8, 4) is 0 Å². The van der Waals surface area contributed by atoms with Crippen LogP contribution in [0.5, 0.6) is 0 Å². The zero-order chi connectivity index (χ0) is 23.3. The monoisotopic (exact) mass is 459 g/mol. The Morgan fingerprint density at radius 2 is 1.56 bits per heavy atom. The molecule has 1 N–H and O–H groups in total. The van der Waals surface area contributed by atoms with Gasteiger partial charge in [0.2, 0.25) is 5.91 Å². The fourth-order valence-electron chi connectivity index (χ4n) is 5.40. The maximum absolute atomic E-state index is 13.2. The third-order valence-electron chi connectivity index (χ3n) is 7.27. The number of carbonyl (C=O) groups excluding carboxylic acids is 2. The Bertz CT molecular complexity index is 1130. The molecule has 2 heterocycles. The lowest BCUT2D eigenvalue weighted by Gasteiger charge is -2.28. The van der Waals surface area contributed by atoms with Gasteiger partial charge in [-0.05, 0) is 55.7 Å². The van der Waals surface area contributed by atoms with E-state index in [1.807, 2.05) is 47.4 Å². The predicted octanol–water partition coefficient (Wildman–Crippen LogP) is 4.95. The van der Waals surface area contributed by atoms with Gasteiger partial charge in [-0.1, -0.05) is 36.4 Å². The van der Waals surface area contributed by atoms with Gasteiger partial charge in [0.25, 0.3) is 5.91 Å². The molecule has 0 bridgehead atoms. The van der Waals surface area contributed by atoms with Crippen molar-refractivity contribution in [3.63, 3.8) is 0 Å². The van der Waals surface area contributed by atoms with Crippen LogP contribution in [0.3, 0.4) is 0 Å².